The summed E-state index contributed by atoms with van der Waals surface area (Å²) in [5.41, 5.74) is 1.34. The van der Waals surface area contributed by atoms with Crippen LogP contribution in [0, 0.1) is 0 Å². The van der Waals surface area contributed by atoms with E-state index in [0.717, 1.165) is 18.6 Å². The van der Waals surface area contributed by atoms with E-state index in [9.17, 15) is 4.79 Å². The quantitative estimate of drug-likeness (QED) is 0.806. The summed E-state index contributed by atoms with van der Waals surface area (Å²) in [7, 11) is 0. The fraction of sp³-hybridized carbons (Fsp3) is 0.588. The van der Waals surface area contributed by atoms with Crippen LogP contribution in [0.15, 0.2) is 24.3 Å². The van der Waals surface area contributed by atoms with Crippen LogP contribution in [0.2, 0.25) is 0 Å². The van der Waals surface area contributed by atoms with Crippen LogP contribution in [0.25, 0.3) is 0 Å². The van der Waals surface area contributed by atoms with Gasteiger partial charge in [0.1, 0.15) is 5.75 Å². The van der Waals surface area contributed by atoms with Crippen molar-refractivity contribution in [3.8, 4) is 5.75 Å². The molecule has 0 aliphatic carbocycles. The molecule has 0 atom stereocenters. The van der Waals surface area contributed by atoms with Gasteiger partial charge in [0.05, 0.1) is 4.58 Å². The van der Waals surface area contributed by atoms with Crippen LogP contribution in [0.3, 0.4) is 0 Å². The Morgan fingerprint density at radius 2 is 1.86 bits per heavy atom. The molecule has 1 fully saturated rings. The van der Waals surface area contributed by atoms with Gasteiger partial charge in [0.2, 0.25) is 0 Å². The number of thioether (sulfide) groups is 2. The molecule has 1 aromatic rings. The standard InChI is InChI=1S/C17H25NO2S2/c1-3-14(4-2)18-16(19)12-20-15-8-6-13(7-9-15)17-21-10-5-11-22-17/h6-9,14,17H,3-5,10-12H2,1-2H3,(H,18,19). The maximum atomic E-state index is 11.8. The molecule has 1 aliphatic rings. The molecular formula is C17H25NO2S2. The highest BCUT2D eigenvalue weighted by Crippen LogP contribution is 2.43. The molecular weight excluding hydrogens is 314 g/mol. The molecule has 1 heterocycles. The Kier molecular flexibility index (Phi) is 7.46. The molecule has 5 heteroatoms. The third-order valence-electron chi connectivity index (χ3n) is 3.70. The third kappa shape index (κ3) is 5.43. The topological polar surface area (TPSA) is 38.3 Å². The maximum absolute atomic E-state index is 11.8. The van der Waals surface area contributed by atoms with Crippen molar-refractivity contribution in [2.75, 3.05) is 18.1 Å². The summed E-state index contributed by atoms with van der Waals surface area (Å²) >= 11 is 4.02. The Balaban J connectivity index is 1.79. The molecule has 0 radical (unpaired) electrons. The number of rotatable bonds is 7. The zero-order valence-electron chi connectivity index (χ0n) is 13.3. The molecule has 2 rings (SSSR count). The van der Waals surface area contributed by atoms with Gasteiger partial charge in [-0.3, -0.25) is 4.79 Å². The average Bonchev–Trinajstić information content (AvgIpc) is 2.59. The van der Waals surface area contributed by atoms with Gasteiger partial charge in [-0.2, -0.15) is 0 Å². The van der Waals surface area contributed by atoms with Crippen LogP contribution in [0.5, 0.6) is 5.75 Å². The van der Waals surface area contributed by atoms with Gasteiger partial charge in [-0.1, -0.05) is 26.0 Å². The number of carbonyl (C=O) groups is 1. The van der Waals surface area contributed by atoms with Crippen molar-refractivity contribution >= 4 is 29.4 Å². The van der Waals surface area contributed by atoms with Crippen LogP contribution in [0.4, 0.5) is 0 Å². The number of benzene rings is 1. The van der Waals surface area contributed by atoms with Gasteiger partial charge in [0.25, 0.3) is 5.91 Å². The minimum absolute atomic E-state index is 0.0452. The molecule has 1 N–H and O–H groups in total. The first-order valence-electron chi connectivity index (χ1n) is 7.98. The van der Waals surface area contributed by atoms with Crippen LogP contribution < -0.4 is 10.1 Å². The van der Waals surface area contributed by atoms with E-state index < -0.39 is 0 Å². The Bertz CT molecular complexity index is 454. The van der Waals surface area contributed by atoms with Gasteiger partial charge in [0, 0.05) is 6.04 Å². The fourth-order valence-corrected chi connectivity index (χ4v) is 5.21. The summed E-state index contributed by atoms with van der Waals surface area (Å²) in [5, 5.41) is 2.98. The summed E-state index contributed by atoms with van der Waals surface area (Å²) in [6.45, 7) is 4.24. The summed E-state index contributed by atoms with van der Waals surface area (Å²) < 4.78 is 6.12. The molecule has 0 bridgehead atoms. The van der Waals surface area contributed by atoms with Gasteiger partial charge in [-0.25, -0.2) is 0 Å². The molecule has 1 saturated heterocycles. The Hall–Kier alpha value is -0.810. The van der Waals surface area contributed by atoms with Crippen molar-refractivity contribution in [3.63, 3.8) is 0 Å². The molecule has 122 valence electrons. The lowest BCUT2D eigenvalue weighted by Crippen LogP contribution is -2.37. The predicted octanol–water partition coefficient (Wildman–Crippen LogP) is 4.24. The first-order valence-corrected chi connectivity index (χ1v) is 10.1. The van der Waals surface area contributed by atoms with Gasteiger partial charge in [-0.15, -0.1) is 23.5 Å². The lowest BCUT2D eigenvalue weighted by atomic mass is 10.2. The van der Waals surface area contributed by atoms with E-state index in [1.807, 2.05) is 35.7 Å². The van der Waals surface area contributed by atoms with Crippen LogP contribution in [-0.4, -0.2) is 30.1 Å². The Labute approximate surface area is 142 Å². The summed E-state index contributed by atoms with van der Waals surface area (Å²) in [6, 6.07) is 8.41. The second-order valence-corrected chi connectivity index (χ2v) is 8.09. The molecule has 1 aliphatic heterocycles. The Morgan fingerprint density at radius 3 is 2.45 bits per heavy atom. The molecule has 0 unspecified atom stereocenters. The van der Waals surface area contributed by atoms with Crippen molar-refractivity contribution in [1.29, 1.82) is 0 Å². The maximum Gasteiger partial charge on any atom is 0.258 e. The minimum atomic E-state index is -0.0452. The highest BCUT2D eigenvalue weighted by atomic mass is 32.2. The number of hydrogen-bond donors (Lipinski definition) is 1. The van der Waals surface area contributed by atoms with Gasteiger partial charge in [-0.05, 0) is 48.5 Å². The minimum Gasteiger partial charge on any atom is -0.484 e. The molecule has 0 aromatic heterocycles. The highest BCUT2D eigenvalue weighted by Gasteiger charge is 2.16. The van der Waals surface area contributed by atoms with E-state index in [1.54, 1.807) is 0 Å². The SMILES string of the molecule is CCC(CC)NC(=O)COc1ccc(C2SCCCS2)cc1. The van der Waals surface area contributed by atoms with Crippen LogP contribution >= 0.6 is 23.5 Å². The predicted molar refractivity (Wildman–Crippen MR) is 96.7 cm³/mol. The van der Waals surface area contributed by atoms with Gasteiger partial charge >= 0.3 is 0 Å². The van der Waals surface area contributed by atoms with E-state index in [-0.39, 0.29) is 18.6 Å². The number of carbonyl (C=O) groups excluding carboxylic acids is 1. The largest absolute Gasteiger partial charge is 0.484 e. The molecule has 1 amide bonds. The third-order valence-corrected chi connectivity index (χ3v) is 6.72. The van der Waals surface area contributed by atoms with Crippen LogP contribution in [0.1, 0.15) is 43.3 Å². The second kappa shape index (κ2) is 9.36. The van der Waals surface area contributed by atoms with E-state index in [2.05, 4.69) is 31.3 Å². The Morgan fingerprint density at radius 1 is 1.23 bits per heavy atom. The highest BCUT2D eigenvalue weighted by molar-refractivity contribution is 8.16. The molecule has 22 heavy (non-hydrogen) atoms. The van der Waals surface area contributed by atoms with Gasteiger partial charge in [0.15, 0.2) is 6.61 Å². The zero-order chi connectivity index (χ0) is 15.8. The van der Waals surface area contributed by atoms with E-state index in [1.165, 1.54) is 23.5 Å². The van der Waals surface area contributed by atoms with Crippen molar-refractivity contribution in [3.05, 3.63) is 29.8 Å². The lowest BCUT2D eigenvalue weighted by molar-refractivity contribution is -0.123. The number of nitrogens with one attached hydrogen (secondary N) is 1. The lowest BCUT2D eigenvalue weighted by Gasteiger charge is -2.21. The van der Waals surface area contributed by atoms with Crippen molar-refractivity contribution in [2.24, 2.45) is 0 Å². The van der Waals surface area contributed by atoms with E-state index >= 15 is 0 Å². The second-order valence-electron chi connectivity index (χ2n) is 5.37. The smallest absolute Gasteiger partial charge is 0.258 e. The van der Waals surface area contributed by atoms with E-state index in [4.69, 9.17) is 4.74 Å². The summed E-state index contributed by atoms with van der Waals surface area (Å²) in [5.74, 6) is 3.20. The molecule has 1 aromatic carbocycles. The normalized spacial score (nSPS) is 15.8. The van der Waals surface area contributed by atoms with Gasteiger partial charge < -0.3 is 10.1 Å². The first-order chi connectivity index (χ1) is 10.7. The number of hydrogen-bond acceptors (Lipinski definition) is 4. The molecule has 0 saturated carbocycles. The molecule has 3 nitrogen and oxygen atoms in total. The number of ether oxygens (including phenoxy) is 1. The summed E-state index contributed by atoms with van der Waals surface area (Å²) in [4.78, 5) is 11.8. The first kappa shape index (κ1) is 17.5. The average molecular weight is 340 g/mol. The van der Waals surface area contributed by atoms with Crippen molar-refractivity contribution in [2.45, 2.75) is 43.7 Å². The van der Waals surface area contributed by atoms with Crippen molar-refractivity contribution in [1.82, 2.24) is 5.32 Å². The van der Waals surface area contributed by atoms with Crippen molar-refractivity contribution < 1.29 is 9.53 Å². The van der Waals surface area contributed by atoms with Crippen LogP contribution in [-0.2, 0) is 4.79 Å². The zero-order valence-corrected chi connectivity index (χ0v) is 15.0. The number of amides is 1. The molecule has 0 spiro atoms. The fourth-order valence-electron chi connectivity index (χ4n) is 2.31. The van der Waals surface area contributed by atoms with E-state index in [0.29, 0.717) is 4.58 Å². The summed E-state index contributed by atoms with van der Waals surface area (Å²) in [6.07, 6.45) is 3.21. The monoisotopic (exact) mass is 339 g/mol.